The molecule has 5 N–H and O–H groups in total. The second-order valence-corrected chi connectivity index (χ2v) is 17.8. The summed E-state index contributed by atoms with van der Waals surface area (Å²) in [6.45, 7) is 12.7. The fraction of sp³-hybridized carbons (Fsp3) is 0.400. The van der Waals surface area contributed by atoms with Gasteiger partial charge in [-0.05, 0) is 99.2 Å². The van der Waals surface area contributed by atoms with Gasteiger partial charge in [-0.3, -0.25) is 28.5 Å². The molecule has 2 heterocycles. The molecule has 0 bridgehead atoms. The van der Waals surface area contributed by atoms with Gasteiger partial charge in [0.15, 0.2) is 0 Å². The Kier molecular flexibility index (Phi) is 27.9. The maximum atomic E-state index is 13.6. The molecule has 21 nitrogen and oxygen atoms in total. The first-order chi connectivity index (χ1) is 36.8. The zero-order valence-electron chi connectivity index (χ0n) is 43.7. The highest BCUT2D eigenvalue weighted by Gasteiger charge is 2.27. The fourth-order valence-corrected chi connectivity index (χ4v) is 8.10. The number of methoxy groups -OCH3 is 1. The number of halogens is 1. The molecule has 77 heavy (non-hydrogen) atoms. The summed E-state index contributed by atoms with van der Waals surface area (Å²) in [5, 5.41) is 35.4. The first-order valence-corrected chi connectivity index (χ1v) is 25.3. The zero-order valence-corrected chi connectivity index (χ0v) is 44.4. The van der Waals surface area contributed by atoms with Crippen molar-refractivity contribution < 1.29 is 77.8 Å². The number of piperazine rings is 1. The van der Waals surface area contributed by atoms with Crippen molar-refractivity contribution in [1.82, 2.24) is 24.6 Å². The maximum absolute atomic E-state index is 13.6. The molecule has 5 rings (SSSR count). The number of carbonyl (C=O) groups is 9. The number of aromatic nitrogens is 1. The van der Waals surface area contributed by atoms with Crippen LogP contribution in [0, 0.1) is 6.92 Å². The maximum Gasteiger partial charge on any atom is 0.328 e. The topological polar surface area (TPSA) is 289 Å². The van der Waals surface area contributed by atoms with E-state index in [0.717, 1.165) is 63.1 Å². The van der Waals surface area contributed by atoms with Gasteiger partial charge in [-0.2, -0.15) is 0 Å². The van der Waals surface area contributed by atoms with E-state index in [4.69, 9.17) is 46.2 Å². The van der Waals surface area contributed by atoms with Gasteiger partial charge in [0.25, 0.3) is 11.8 Å². The van der Waals surface area contributed by atoms with Crippen molar-refractivity contribution in [3.8, 4) is 5.75 Å². The number of amides is 2. The second kappa shape index (κ2) is 33.9. The minimum Gasteiger partial charge on any atom is -0.497 e. The molecule has 2 amide bonds. The number of nitrogens with one attached hydrogen (secondary N) is 1. The molecular weight excluding hydrogens is 1020 g/mol. The standard InChI is InChI=1S/C47H60ClN5O8.2C4H4O4/c1-5-22-52(23-6-2)47(58)41(49-45(56)35-12-8-7-9-13-35)19-21-43(54)60-30-10-24-50-26-28-51(29-27-50)25-11-31-61-44(55)33-39-34(3)53(42-20-18-38(59-4)32-40(39)42)46(57)36-14-16-37(48)17-15-36;2*5-3(6)1-2-4(7)8/h7-9,12-18,20,32,41H,5-6,10-11,19,21-31,33H2,1-4H3,(H,49,56);2*1-2H,(H,5,6)(H,7,8)/b;2*2-1+. The Bertz CT molecular complexity index is 2610. The van der Waals surface area contributed by atoms with E-state index in [9.17, 15) is 43.2 Å². The van der Waals surface area contributed by atoms with E-state index in [0.29, 0.717) is 90.0 Å². The van der Waals surface area contributed by atoms with Gasteiger partial charge in [0.05, 0.1) is 32.3 Å². The van der Waals surface area contributed by atoms with E-state index in [1.54, 1.807) is 71.2 Å². The van der Waals surface area contributed by atoms with Crippen LogP contribution in [0.3, 0.4) is 0 Å². The third kappa shape index (κ3) is 22.9. The predicted molar refractivity (Wildman–Crippen MR) is 285 cm³/mol. The average molecular weight is 1090 g/mol. The molecule has 1 saturated heterocycles. The number of carbonyl (C=O) groups excluding carboxylic acids is 5. The number of aliphatic carboxylic acids is 4. The number of esters is 2. The van der Waals surface area contributed by atoms with Crippen molar-refractivity contribution in [3.63, 3.8) is 0 Å². The third-order valence-corrected chi connectivity index (χ3v) is 11.9. The molecule has 1 aliphatic heterocycles. The number of benzene rings is 3. The van der Waals surface area contributed by atoms with Crippen LogP contribution in [-0.4, -0.2) is 172 Å². The Morgan fingerprint density at radius 2 is 1.19 bits per heavy atom. The summed E-state index contributed by atoms with van der Waals surface area (Å²) < 4.78 is 18.3. The fourth-order valence-electron chi connectivity index (χ4n) is 7.98. The molecule has 1 fully saturated rings. The lowest BCUT2D eigenvalue weighted by molar-refractivity contribution is -0.145. The summed E-state index contributed by atoms with van der Waals surface area (Å²) in [7, 11) is 1.58. The van der Waals surface area contributed by atoms with Crippen molar-refractivity contribution >= 4 is 76.0 Å². The molecule has 0 saturated carbocycles. The van der Waals surface area contributed by atoms with Crippen LogP contribution < -0.4 is 10.1 Å². The Morgan fingerprint density at radius 1 is 0.688 bits per heavy atom. The van der Waals surface area contributed by atoms with E-state index < -0.39 is 29.9 Å². The molecule has 416 valence electrons. The smallest absolute Gasteiger partial charge is 0.328 e. The zero-order chi connectivity index (χ0) is 56.9. The van der Waals surface area contributed by atoms with E-state index >= 15 is 0 Å². The normalized spacial score (nSPS) is 12.8. The van der Waals surface area contributed by atoms with Crippen molar-refractivity contribution in [1.29, 1.82) is 0 Å². The molecule has 1 unspecified atom stereocenters. The van der Waals surface area contributed by atoms with E-state index in [1.807, 2.05) is 39.0 Å². The van der Waals surface area contributed by atoms with Crippen LogP contribution in [0.15, 0.2) is 97.1 Å². The first kappa shape index (κ1) is 63.4. The van der Waals surface area contributed by atoms with Crippen LogP contribution in [-0.2, 0) is 49.5 Å². The van der Waals surface area contributed by atoms with Gasteiger partial charge in [-0.25, -0.2) is 19.2 Å². The lowest BCUT2D eigenvalue weighted by Crippen LogP contribution is -2.49. The van der Waals surface area contributed by atoms with Crippen molar-refractivity contribution in [3.05, 3.63) is 125 Å². The summed E-state index contributed by atoms with van der Waals surface area (Å²) in [5.74, 6) is -5.89. The number of hydrogen-bond donors (Lipinski definition) is 5. The van der Waals surface area contributed by atoms with Gasteiger partial charge < -0.3 is 54.7 Å². The van der Waals surface area contributed by atoms with Crippen LogP contribution in [0.2, 0.25) is 5.02 Å². The predicted octanol–water partition coefficient (Wildman–Crippen LogP) is 5.98. The number of fused-ring (bicyclic) bond motifs is 1. The Hall–Kier alpha value is -7.88. The molecule has 1 aromatic heterocycles. The second-order valence-electron chi connectivity index (χ2n) is 17.4. The van der Waals surface area contributed by atoms with Gasteiger partial charge in [0, 0.05) is 110 Å². The number of rotatable bonds is 26. The molecule has 4 aromatic rings. The van der Waals surface area contributed by atoms with E-state index in [2.05, 4.69) is 15.1 Å². The molecule has 0 radical (unpaired) electrons. The molecule has 0 aliphatic carbocycles. The summed E-state index contributed by atoms with van der Waals surface area (Å²) in [4.78, 5) is 111. The molecule has 0 spiro atoms. The highest BCUT2D eigenvalue weighted by molar-refractivity contribution is 6.30. The minimum absolute atomic E-state index is 0.0222. The number of ether oxygens (including phenoxy) is 3. The van der Waals surface area contributed by atoms with Gasteiger partial charge in [0.2, 0.25) is 5.91 Å². The highest BCUT2D eigenvalue weighted by Crippen LogP contribution is 2.31. The third-order valence-electron chi connectivity index (χ3n) is 11.7. The first-order valence-electron chi connectivity index (χ1n) is 24.9. The van der Waals surface area contributed by atoms with Crippen molar-refractivity contribution in [2.45, 2.75) is 71.8 Å². The Morgan fingerprint density at radius 3 is 1.68 bits per heavy atom. The van der Waals surface area contributed by atoms with Crippen LogP contribution >= 0.6 is 11.6 Å². The Labute approximate surface area is 451 Å². The van der Waals surface area contributed by atoms with Crippen LogP contribution in [0.1, 0.15) is 84.3 Å². The average Bonchev–Trinajstić information content (AvgIpc) is 3.73. The van der Waals surface area contributed by atoms with E-state index in [1.165, 1.54) is 0 Å². The van der Waals surface area contributed by atoms with Crippen LogP contribution in [0.4, 0.5) is 0 Å². The molecule has 1 aliphatic rings. The van der Waals surface area contributed by atoms with Crippen LogP contribution in [0.25, 0.3) is 10.9 Å². The largest absolute Gasteiger partial charge is 0.497 e. The van der Waals surface area contributed by atoms with Gasteiger partial charge in [-0.15, -0.1) is 0 Å². The van der Waals surface area contributed by atoms with E-state index in [-0.39, 0.29) is 55.5 Å². The monoisotopic (exact) mass is 1090 g/mol. The Balaban J connectivity index is 0.000000842. The molecule has 3 aromatic carbocycles. The van der Waals surface area contributed by atoms with Gasteiger partial charge in [0.1, 0.15) is 11.8 Å². The number of carboxylic acids is 4. The van der Waals surface area contributed by atoms with Crippen LogP contribution in [0.5, 0.6) is 5.75 Å². The van der Waals surface area contributed by atoms with Gasteiger partial charge >= 0.3 is 35.8 Å². The quantitative estimate of drug-likeness (QED) is 0.0275. The summed E-state index contributed by atoms with van der Waals surface area (Å²) >= 11 is 6.06. The minimum atomic E-state index is -1.26. The molecule has 22 heteroatoms. The number of carboxylic acid groups (broad SMARTS) is 4. The molecule has 1 atom stereocenters. The highest BCUT2D eigenvalue weighted by atomic mass is 35.5. The summed E-state index contributed by atoms with van der Waals surface area (Å²) in [5.41, 5.74) is 3.01. The summed E-state index contributed by atoms with van der Waals surface area (Å²) in [6.07, 6.45) is 5.42. The SMILES string of the molecule is CCCN(CCC)C(=O)C(CCC(=O)OCCCN1CCN(CCCOC(=O)Cc2c(C)n(C(=O)c3ccc(Cl)cc3)c3ccc(OC)cc23)CC1)NC(=O)c1ccccc1.O=C(O)/C=C/C(=O)O.O=C(O)/C=C/C(=O)O. The summed E-state index contributed by atoms with van der Waals surface area (Å²) in [6, 6.07) is 20.1. The number of nitrogens with zero attached hydrogens (tertiary/aromatic N) is 4. The van der Waals surface area contributed by atoms with Crippen molar-refractivity contribution in [2.75, 3.05) is 72.7 Å². The lowest BCUT2D eigenvalue weighted by Gasteiger charge is -2.34. The van der Waals surface area contributed by atoms with Crippen molar-refractivity contribution in [2.24, 2.45) is 0 Å². The number of hydrogen-bond acceptors (Lipinski definition) is 14. The molecular formula is C55H68ClN5O16. The lowest BCUT2D eigenvalue weighted by atomic mass is 10.1. The van der Waals surface area contributed by atoms with Gasteiger partial charge in [-0.1, -0.05) is 43.6 Å².